The first-order valence-corrected chi connectivity index (χ1v) is 8.06. The zero-order chi connectivity index (χ0) is 18.2. The molecule has 1 aromatic carbocycles. The van der Waals surface area contributed by atoms with Gasteiger partial charge in [0.1, 0.15) is 5.75 Å². The van der Waals surface area contributed by atoms with Crippen LogP contribution < -0.4 is 10.4 Å². The maximum atomic E-state index is 12.3. The Bertz CT molecular complexity index is 976. The molecule has 0 atom stereocenters. The second kappa shape index (κ2) is 6.20. The van der Waals surface area contributed by atoms with Crippen molar-refractivity contribution < 1.29 is 9.53 Å². The van der Waals surface area contributed by atoms with Crippen molar-refractivity contribution in [2.45, 2.75) is 27.3 Å². The van der Waals surface area contributed by atoms with Gasteiger partial charge in [-0.3, -0.25) is 14.3 Å². The van der Waals surface area contributed by atoms with Crippen LogP contribution in [0.2, 0.25) is 0 Å². The van der Waals surface area contributed by atoms with E-state index in [1.807, 2.05) is 51.1 Å². The van der Waals surface area contributed by atoms with Crippen molar-refractivity contribution in [2.75, 3.05) is 7.11 Å². The van der Waals surface area contributed by atoms with E-state index in [-0.39, 0.29) is 18.0 Å². The van der Waals surface area contributed by atoms with Gasteiger partial charge in [0.2, 0.25) is 0 Å². The van der Waals surface area contributed by atoms with Crippen LogP contribution in [0, 0.1) is 5.41 Å². The van der Waals surface area contributed by atoms with E-state index in [4.69, 9.17) is 4.74 Å². The van der Waals surface area contributed by atoms with Crippen molar-refractivity contribution in [1.82, 2.24) is 14.5 Å². The van der Waals surface area contributed by atoms with Gasteiger partial charge in [0.05, 0.1) is 19.2 Å². The molecule has 6 nitrogen and oxygen atoms in total. The van der Waals surface area contributed by atoms with Crippen LogP contribution in [0.5, 0.6) is 5.75 Å². The van der Waals surface area contributed by atoms with Gasteiger partial charge in [-0.2, -0.15) is 0 Å². The zero-order valence-electron chi connectivity index (χ0n) is 14.8. The number of methoxy groups -OCH3 is 1. The van der Waals surface area contributed by atoms with Gasteiger partial charge < -0.3 is 4.74 Å². The lowest BCUT2D eigenvalue weighted by atomic mass is 9.91. The summed E-state index contributed by atoms with van der Waals surface area (Å²) in [7, 11) is 1.62. The van der Waals surface area contributed by atoms with E-state index in [0.29, 0.717) is 11.2 Å². The predicted molar refractivity (Wildman–Crippen MR) is 96.8 cm³/mol. The number of H-pyrrole nitrogens is 1. The highest BCUT2D eigenvalue weighted by Crippen LogP contribution is 2.24. The lowest BCUT2D eigenvalue weighted by molar-refractivity contribution is -0.126. The number of hydrogen-bond acceptors (Lipinski definition) is 4. The number of aromatic amines is 1. The first kappa shape index (κ1) is 17.0. The first-order chi connectivity index (χ1) is 11.8. The van der Waals surface area contributed by atoms with Crippen molar-refractivity contribution in [3.63, 3.8) is 0 Å². The molecule has 3 rings (SSSR count). The lowest BCUT2D eigenvalue weighted by Crippen LogP contribution is -2.29. The summed E-state index contributed by atoms with van der Waals surface area (Å²) in [5.41, 5.74) is 2.08. The minimum Gasteiger partial charge on any atom is -0.497 e. The van der Waals surface area contributed by atoms with Crippen molar-refractivity contribution in [3.8, 4) is 16.9 Å². The molecule has 0 spiro atoms. The molecule has 0 bridgehead atoms. The predicted octanol–water partition coefficient (Wildman–Crippen LogP) is 3.02. The van der Waals surface area contributed by atoms with Crippen molar-refractivity contribution in [1.29, 1.82) is 0 Å². The van der Waals surface area contributed by atoms with E-state index in [1.54, 1.807) is 13.3 Å². The van der Waals surface area contributed by atoms with Crippen LogP contribution in [0.4, 0.5) is 0 Å². The SMILES string of the molecule is COc1ccc(-c2cnc3[nH]c(=O)n(CC(=O)C(C)(C)C)c3c2)cc1. The highest BCUT2D eigenvalue weighted by molar-refractivity contribution is 5.86. The van der Waals surface area contributed by atoms with E-state index < -0.39 is 5.41 Å². The number of Topliss-reactive ketones (excluding diaryl/α,β-unsaturated/α-hetero) is 1. The zero-order valence-corrected chi connectivity index (χ0v) is 14.8. The third-order valence-corrected chi connectivity index (χ3v) is 4.19. The van der Waals surface area contributed by atoms with E-state index >= 15 is 0 Å². The number of benzene rings is 1. The summed E-state index contributed by atoms with van der Waals surface area (Å²) in [4.78, 5) is 31.6. The maximum Gasteiger partial charge on any atom is 0.328 e. The van der Waals surface area contributed by atoms with Gasteiger partial charge in [0, 0.05) is 17.2 Å². The number of carbonyl (C=O) groups excluding carboxylic acids is 1. The molecule has 25 heavy (non-hydrogen) atoms. The molecule has 0 saturated carbocycles. The molecule has 0 amide bonds. The second-order valence-corrected chi connectivity index (χ2v) is 7.01. The van der Waals surface area contributed by atoms with Crippen LogP contribution in [0.15, 0.2) is 41.3 Å². The van der Waals surface area contributed by atoms with Gasteiger partial charge in [-0.1, -0.05) is 32.9 Å². The third kappa shape index (κ3) is 3.33. The van der Waals surface area contributed by atoms with E-state index in [0.717, 1.165) is 16.9 Å². The van der Waals surface area contributed by atoms with Crippen molar-refractivity contribution in [2.24, 2.45) is 5.41 Å². The van der Waals surface area contributed by atoms with Gasteiger partial charge in [0.25, 0.3) is 0 Å². The van der Waals surface area contributed by atoms with Crippen LogP contribution in [0.25, 0.3) is 22.3 Å². The standard InChI is InChI=1S/C19H21N3O3/c1-19(2,3)16(23)11-22-15-9-13(10-20-17(15)21-18(22)24)12-5-7-14(25-4)8-6-12/h5-10H,11H2,1-4H3,(H,20,21,24). The molecule has 0 radical (unpaired) electrons. The second-order valence-electron chi connectivity index (χ2n) is 7.01. The minimum atomic E-state index is -0.510. The van der Waals surface area contributed by atoms with Crippen LogP contribution in [-0.4, -0.2) is 27.4 Å². The third-order valence-electron chi connectivity index (χ3n) is 4.19. The first-order valence-electron chi connectivity index (χ1n) is 8.06. The Morgan fingerprint density at radius 1 is 1.20 bits per heavy atom. The average Bonchev–Trinajstić information content (AvgIpc) is 2.89. The number of hydrogen-bond donors (Lipinski definition) is 1. The summed E-state index contributed by atoms with van der Waals surface area (Å²) in [5.74, 6) is 0.762. The molecule has 3 aromatic rings. The number of imidazole rings is 1. The van der Waals surface area contributed by atoms with Gasteiger partial charge in [0.15, 0.2) is 11.4 Å². The molecule has 2 heterocycles. The number of ether oxygens (including phenoxy) is 1. The fourth-order valence-electron chi connectivity index (χ4n) is 2.51. The number of rotatable bonds is 4. The molecular formula is C19H21N3O3. The summed E-state index contributed by atoms with van der Waals surface area (Å²) in [5, 5.41) is 0. The number of fused-ring (bicyclic) bond motifs is 1. The molecule has 1 N–H and O–H groups in total. The molecule has 0 unspecified atom stereocenters. The summed E-state index contributed by atoms with van der Waals surface area (Å²) >= 11 is 0. The van der Waals surface area contributed by atoms with Gasteiger partial charge in [-0.15, -0.1) is 0 Å². The number of nitrogens with zero attached hydrogens (tertiary/aromatic N) is 2. The summed E-state index contributed by atoms with van der Waals surface area (Å²) < 4.78 is 6.62. The molecule has 6 heteroatoms. The summed E-state index contributed by atoms with van der Waals surface area (Å²) in [6, 6.07) is 9.46. The van der Waals surface area contributed by atoms with E-state index in [2.05, 4.69) is 9.97 Å². The summed E-state index contributed by atoms with van der Waals surface area (Å²) in [6.07, 6.45) is 1.70. The molecule has 2 aromatic heterocycles. The largest absolute Gasteiger partial charge is 0.497 e. The highest BCUT2D eigenvalue weighted by Gasteiger charge is 2.23. The lowest BCUT2D eigenvalue weighted by Gasteiger charge is -2.16. The topological polar surface area (TPSA) is 77.0 Å². The van der Waals surface area contributed by atoms with Gasteiger partial charge in [-0.05, 0) is 23.8 Å². The van der Waals surface area contributed by atoms with Crippen LogP contribution in [-0.2, 0) is 11.3 Å². The summed E-state index contributed by atoms with van der Waals surface area (Å²) in [6.45, 7) is 5.55. The monoisotopic (exact) mass is 339 g/mol. The number of nitrogens with one attached hydrogen (secondary N) is 1. The molecule has 0 saturated heterocycles. The Kier molecular flexibility index (Phi) is 4.20. The molecule has 0 aliphatic heterocycles. The number of pyridine rings is 1. The normalized spacial score (nSPS) is 11.7. The fraction of sp³-hybridized carbons (Fsp3) is 0.316. The van der Waals surface area contributed by atoms with Crippen LogP contribution >= 0.6 is 0 Å². The minimum absolute atomic E-state index is 0.00893. The van der Waals surface area contributed by atoms with Crippen LogP contribution in [0.1, 0.15) is 20.8 Å². The Morgan fingerprint density at radius 2 is 1.88 bits per heavy atom. The Balaban J connectivity index is 2.05. The maximum absolute atomic E-state index is 12.3. The Hall–Kier alpha value is -2.89. The van der Waals surface area contributed by atoms with E-state index in [1.165, 1.54) is 4.57 Å². The van der Waals surface area contributed by atoms with Crippen LogP contribution in [0.3, 0.4) is 0 Å². The molecule has 0 aliphatic carbocycles. The highest BCUT2D eigenvalue weighted by atomic mass is 16.5. The molecular weight excluding hydrogens is 318 g/mol. The molecule has 0 fully saturated rings. The molecule has 130 valence electrons. The Morgan fingerprint density at radius 3 is 2.48 bits per heavy atom. The molecule has 0 aliphatic rings. The number of aromatic nitrogens is 3. The number of ketones is 1. The Labute approximate surface area is 145 Å². The fourth-order valence-corrected chi connectivity index (χ4v) is 2.51. The van der Waals surface area contributed by atoms with Gasteiger partial charge >= 0.3 is 5.69 Å². The van der Waals surface area contributed by atoms with Crippen molar-refractivity contribution in [3.05, 3.63) is 47.0 Å². The van der Waals surface area contributed by atoms with Crippen molar-refractivity contribution >= 4 is 16.9 Å². The van der Waals surface area contributed by atoms with Gasteiger partial charge in [-0.25, -0.2) is 9.78 Å². The van der Waals surface area contributed by atoms with E-state index in [9.17, 15) is 9.59 Å². The smallest absolute Gasteiger partial charge is 0.328 e. The quantitative estimate of drug-likeness (QED) is 0.793. The number of carbonyl (C=O) groups is 1. The average molecular weight is 339 g/mol.